The number of benzene rings is 4. The van der Waals surface area contributed by atoms with E-state index in [4.69, 9.17) is 9.47 Å². The van der Waals surface area contributed by atoms with E-state index in [0.717, 1.165) is 48.7 Å². The lowest BCUT2D eigenvalue weighted by Crippen LogP contribution is -2.26. The van der Waals surface area contributed by atoms with Crippen molar-refractivity contribution in [1.29, 1.82) is 0 Å². The quantitative estimate of drug-likeness (QED) is 0.0325. The summed E-state index contributed by atoms with van der Waals surface area (Å²) >= 11 is 3.82. The third-order valence-corrected chi connectivity index (χ3v) is 20.1. The molecule has 0 spiro atoms. The Bertz CT molecular complexity index is 2360. The Balaban J connectivity index is 1.20. The fourth-order valence-electron chi connectivity index (χ4n) is 13.3. The van der Waals surface area contributed by atoms with Crippen molar-refractivity contribution in [2.45, 2.75) is 271 Å². The molecule has 2 aliphatic rings. The molecule has 0 fully saturated rings. The number of esters is 2. The molecule has 2 aliphatic carbocycles. The molecule has 0 atom stereocenters. The molecule has 0 amide bonds. The highest BCUT2D eigenvalue weighted by atomic mass is 32.2. The molecule has 6 rings (SSSR count). The van der Waals surface area contributed by atoms with Gasteiger partial charge in [0, 0.05) is 22.3 Å². The summed E-state index contributed by atoms with van der Waals surface area (Å²) in [4.78, 5) is 24.1. The molecule has 442 valence electrons. The highest BCUT2D eigenvalue weighted by Gasteiger charge is 2.44. The summed E-state index contributed by atoms with van der Waals surface area (Å²) in [5, 5.41) is 0. The third kappa shape index (κ3) is 19.8. The van der Waals surface area contributed by atoms with E-state index in [0.29, 0.717) is 26.1 Å². The lowest BCUT2D eigenvalue weighted by Gasteiger charge is -2.34. The average molecular weight is 1130 g/mol. The van der Waals surface area contributed by atoms with E-state index in [-0.39, 0.29) is 22.8 Å². The maximum absolute atomic E-state index is 12.1. The van der Waals surface area contributed by atoms with Crippen LogP contribution < -0.4 is 0 Å². The van der Waals surface area contributed by atoms with E-state index in [2.05, 4.69) is 114 Å². The van der Waals surface area contributed by atoms with Crippen LogP contribution in [0.2, 0.25) is 0 Å². The van der Waals surface area contributed by atoms with Crippen molar-refractivity contribution >= 4 is 35.5 Å². The van der Waals surface area contributed by atoms with Crippen LogP contribution in [0, 0.1) is 13.8 Å². The van der Waals surface area contributed by atoms with E-state index in [1.54, 1.807) is 22.3 Å². The SMILES string of the molecule is CCCCCCCCC1(CCCCCCCC)c2cc(C)ccc2-c2ccc(-c3ccc4c(c3)C(CCCCCCCCSCCC(=O)OCCCC)(CCCCCCCCSCCC(=O)OCCCC)c3cc(C)ccc3-4)cc21. The first-order valence-electron chi connectivity index (χ1n) is 33.2. The largest absolute Gasteiger partial charge is 0.466 e. The van der Waals surface area contributed by atoms with Crippen LogP contribution in [0.25, 0.3) is 33.4 Å². The van der Waals surface area contributed by atoms with E-state index >= 15 is 0 Å². The van der Waals surface area contributed by atoms with Gasteiger partial charge in [0.25, 0.3) is 0 Å². The Labute approximate surface area is 498 Å². The number of unbranched alkanes of at least 4 members (excludes halogenated alkanes) is 22. The van der Waals surface area contributed by atoms with Gasteiger partial charge in [-0.1, -0.05) is 254 Å². The zero-order valence-electron chi connectivity index (χ0n) is 51.7. The number of carbonyl (C=O) groups excluding carboxylic acids is 2. The van der Waals surface area contributed by atoms with Crippen LogP contribution in [0.4, 0.5) is 0 Å². The van der Waals surface area contributed by atoms with Gasteiger partial charge in [-0.3, -0.25) is 9.59 Å². The number of hydrogen-bond donors (Lipinski definition) is 0. The number of ether oxygens (including phenoxy) is 2. The maximum atomic E-state index is 12.1. The van der Waals surface area contributed by atoms with Crippen LogP contribution in [0.1, 0.15) is 279 Å². The molecular formula is C74H110O4S2. The molecule has 0 radical (unpaired) electrons. The Morgan fingerprint density at radius 1 is 0.350 bits per heavy atom. The van der Waals surface area contributed by atoms with Crippen LogP contribution in [0.3, 0.4) is 0 Å². The zero-order chi connectivity index (χ0) is 56.7. The van der Waals surface area contributed by atoms with E-state index < -0.39 is 0 Å². The highest BCUT2D eigenvalue weighted by molar-refractivity contribution is 7.99. The molecule has 4 aromatic carbocycles. The highest BCUT2D eigenvalue weighted by Crippen LogP contribution is 2.58. The van der Waals surface area contributed by atoms with Gasteiger partial charge in [0.2, 0.25) is 0 Å². The van der Waals surface area contributed by atoms with E-state index in [1.807, 2.05) is 23.5 Å². The monoisotopic (exact) mass is 1130 g/mol. The average Bonchev–Trinajstić information content (AvgIpc) is 4.09. The zero-order valence-corrected chi connectivity index (χ0v) is 53.3. The van der Waals surface area contributed by atoms with Crippen LogP contribution in [0.15, 0.2) is 72.8 Å². The molecule has 80 heavy (non-hydrogen) atoms. The van der Waals surface area contributed by atoms with Crippen molar-refractivity contribution < 1.29 is 19.1 Å². The molecule has 4 nitrogen and oxygen atoms in total. The summed E-state index contributed by atoms with van der Waals surface area (Å²) in [5.41, 5.74) is 17.9. The molecule has 0 heterocycles. The summed E-state index contributed by atoms with van der Waals surface area (Å²) in [6.07, 6.45) is 41.2. The van der Waals surface area contributed by atoms with Crippen molar-refractivity contribution in [2.75, 3.05) is 36.2 Å². The summed E-state index contributed by atoms with van der Waals surface area (Å²) < 4.78 is 10.7. The number of carbonyl (C=O) groups is 2. The van der Waals surface area contributed by atoms with Crippen LogP contribution in [-0.4, -0.2) is 48.2 Å². The van der Waals surface area contributed by atoms with E-state index in [1.165, 1.54) is 224 Å². The van der Waals surface area contributed by atoms with Gasteiger partial charge in [0.1, 0.15) is 0 Å². The van der Waals surface area contributed by atoms with Gasteiger partial charge in [-0.2, -0.15) is 23.5 Å². The first kappa shape index (κ1) is 65.7. The minimum absolute atomic E-state index is 0.000840. The molecular weight excluding hydrogens is 1020 g/mol. The minimum atomic E-state index is -0.0386. The van der Waals surface area contributed by atoms with Crippen molar-refractivity contribution in [3.05, 3.63) is 106 Å². The normalized spacial score (nSPS) is 13.5. The molecule has 0 saturated carbocycles. The Morgan fingerprint density at radius 2 is 0.650 bits per heavy atom. The van der Waals surface area contributed by atoms with Crippen LogP contribution >= 0.6 is 23.5 Å². The Hall–Kier alpha value is -3.48. The second kappa shape index (κ2) is 37.0. The molecule has 0 bridgehead atoms. The fraction of sp³-hybridized carbons (Fsp3) is 0.649. The molecule has 4 aromatic rings. The second-order valence-corrected chi connectivity index (χ2v) is 26.9. The number of thioether (sulfide) groups is 2. The fourth-order valence-corrected chi connectivity index (χ4v) is 15.2. The first-order chi connectivity index (χ1) is 39.2. The van der Waals surface area contributed by atoms with Crippen LogP contribution in [0.5, 0.6) is 0 Å². The molecule has 0 unspecified atom stereocenters. The summed E-state index contributed by atoms with van der Waals surface area (Å²) in [6.45, 7) is 14.7. The third-order valence-electron chi connectivity index (χ3n) is 18.0. The second-order valence-electron chi connectivity index (χ2n) is 24.4. The number of aryl methyl sites for hydroxylation is 2. The molecule has 0 aliphatic heterocycles. The van der Waals surface area contributed by atoms with Gasteiger partial charge >= 0.3 is 11.9 Å². The predicted molar refractivity (Wildman–Crippen MR) is 350 cm³/mol. The Morgan fingerprint density at radius 3 is 1.00 bits per heavy atom. The van der Waals surface area contributed by atoms with Gasteiger partial charge in [-0.25, -0.2) is 0 Å². The molecule has 0 N–H and O–H groups in total. The molecule has 6 heteroatoms. The first-order valence-corrected chi connectivity index (χ1v) is 35.5. The van der Waals surface area contributed by atoms with Crippen molar-refractivity contribution in [1.82, 2.24) is 0 Å². The molecule has 0 saturated heterocycles. The number of fused-ring (bicyclic) bond motifs is 6. The van der Waals surface area contributed by atoms with Gasteiger partial charge in [0.15, 0.2) is 0 Å². The number of hydrogen-bond acceptors (Lipinski definition) is 6. The standard InChI is InChI=1S/C74H110O4S2/c1-7-11-15-17-23-29-45-73(46-30-24-18-16-12-8-2)67-55-59(5)35-39-63(67)65-41-37-61(57-69(65)73)62-38-42-66-64-40-36-60(6)56-68(64)74(70(66)58-62,47-31-25-19-21-27-33-51-79-53-43-71(75)77-49-13-9-3)48-32-26-20-22-28-34-52-80-54-44-72(76)78-50-14-10-4/h35-42,55-58H,7-34,43-54H2,1-6H3. The van der Waals surface area contributed by atoms with Crippen LogP contribution in [-0.2, 0) is 29.9 Å². The van der Waals surface area contributed by atoms with Gasteiger partial charge in [0.05, 0.1) is 26.1 Å². The van der Waals surface area contributed by atoms with Crippen molar-refractivity contribution in [2.24, 2.45) is 0 Å². The summed E-state index contributed by atoms with van der Waals surface area (Å²) in [7, 11) is 0. The van der Waals surface area contributed by atoms with Crippen molar-refractivity contribution in [3.63, 3.8) is 0 Å². The predicted octanol–water partition coefficient (Wildman–Crippen LogP) is 22.4. The minimum Gasteiger partial charge on any atom is -0.466 e. The molecule has 0 aromatic heterocycles. The lowest BCUT2D eigenvalue weighted by atomic mass is 9.69. The summed E-state index contributed by atoms with van der Waals surface area (Å²) in [6, 6.07) is 30.2. The van der Waals surface area contributed by atoms with E-state index in [9.17, 15) is 9.59 Å². The summed E-state index contributed by atoms with van der Waals surface area (Å²) in [5.74, 6) is 3.93. The maximum Gasteiger partial charge on any atom is 0.306 e. The van der Waals surface area contributed by atoms with Gasteiger partial charge < -0.3 is 9.47 Å². The number of rotatable bonds is 45. The van der Waals surface area contributed by atoms with Gasteiger partial charge in [-0.15, -0.1) is 0 Å². The van der Waals surface area contributed by atoms with Gasteiger partial charge in [-0.05, 0) is 144 Å². The topological polar surface area (TPSA) is 52.6 Å². The Kier molecular flexibility index (Phi) is 30.3. The lowest BCUT2D eigenvalue weighted by molar-refractivity contribution is -0.144. The smallest absolute Gasteiger partial charge is 0.306 e. The van der Waals surface area contributed by atoms with Crippen molar-refractivity contribution in [3.8, 4) is 33.4 Å².